The number of aromatic nitrogens is 2. The molecule has 21 heavy (non-hydrogen) atoms. The Morgan fingerprint density at radius 3 is 2.86 bits per heavy atom. The smallest absolute Gasteiger partial charge is 0.349 e. The Morgan fingerprint density at radius 1 is 1.62 bits per heavy atom. The number of aryl methyl sites for hydroxylation is 1. The third-order valence-corrected chi connectivity index (χ3v) is 3.53. The molecule has 0 bridgehead atoms. The maximum atomic E-state index is 14.8. The van der Waals surface area contributed by atoms with Crippen molar-refractivity contribution in [2.24, 2.45) is 0 Å². The number of hydrogen-bond acceptors (Lipinski definition) is 5. The first-order chi connectivity index (χ1) is 9.73. The Bertz CT molecular complexity index is 558. The SMILES string of the molecule is Cc1ccn([C@@H]2O[C@H](COC(C)C)[C@@H](O)[C@@]2(C)F)c(=O)n1. The van der Waals surface area contributed by atoms with Crippen LogP contribution in [0.4, 0.5) is 4.39 Å². The van der Waals surface area contributed by atoms with E-state index in [0.717, 1.165) is 4.57 Å². The molecule has 6 nitrogen and oxygen atoms in total. The van der Waals surface area contributed by atoms with Gasteiger partial charge in [0.15, 0.2) is 11.9 Å². The number of alkyl halides is 1. The van der Waals surface area contributed by atoms with Crippen molar-refractivity contribution in [2.75, 3.05) is 6.61 Å². The minimum absolute atomic E-state index is 0.0584. The number of ether oxygens (including phenoxy) is 2. The van der Waals surface area contributed by atoms with Gasteiger partial charge in [-0.3, -0.25) is 4.57 Å². The fourth-order valence-electron chi connectivity index (χ4n) is 2.31. The summed E-state index contributed by atoms with van der Waals surface area (Å²) in [4.78, 5) is 15.6. The number of aliphatic hydroxyl groups excluding tert-OH is 1. The highest BCUT2D eigenvalue weighted by atomic mass is 19.1. The van der Waals surface area contributed by atoms with E-state index < -0.39 is 29.8 Å². The molecule has 1 aromatic heterocycles. The lowest BCUT2D eigenvalue weighted by Crippen LogP contribution is -2.43. The Labute approximate surface area is 122 Å². The standard InChI is InChI=1S/C14H21FN2O4/c1-8(2)20-7-10-11(18)14(4,15)12(21-10)17-6-5-9(3)16-13(17)19/h5-6,8,10-12,18H,7H2,1-4H3/t10-,11-,12-,14-/m1/s1. The normalized spacial score (nSPS) is 32.8. The lowest BCUT2D eigenvalue weighted by atomic mass is 9.98. The van der Waals surface area contributed by atoms with Crippen molar-refractivity contribution in [3.63, 3.8) is 0 Å². The van der Waals surface area contributed by atoms with Crippen molar-refractivity contribution >= 4 is 0 Å². The first-order valence-corrected chi connectivity index (χ1v) is 6.93. The van der Waals surface area contributed by atoms with Gasteiger partial charge in [-0.2, -0.15) is 4.98 Å². The predicted molar refractivity (Wildman–Crippen MR) is 73.8 cm³/mol. The van der Waals surface area contributed by atoms with Gasteiger partial charge in [-0.1, -0.05) is 0 Å². The van der Waals surface area contributed by atoms with Gasteiger partial charge in [0, 0.05) is 11.9 Å². The lowest BCUT2D eigenvalue weighted by Gasteiger charge is -2.24. The van der Waals surface area contributed by atoms with Gasteiger partial charge >= 0.3 is 5.69 Å². The number of nitrogens with zero attached hydrogens (tertiary/aromatic N) is 2. The van der Waals surface area contributed by atoms with Crippen LogP contribution in [0.15, 0.2) is 17.1 Å². The molecule has 1 aliphatic heterocycles. The number of rotatable bonds is 4. The van der Waals surface area contributed by atoms with E-state index in [1.807, 2.05) is 13.8 Å². The molecule has 0 amide bonds. The number of aliphatic hydroxyl groups is 1. The second-order valence-electron chi connectivity index (χ2n) is 5.76. The quantitative estimate of drug-likeness (QED) is 0.896. The molecule has 2 heterocycles. The lowest BCUT2D eigenvalue weighted by molar-refractivity contribution is -0.0801. The molecule has 0 radical (unpaired) electrons. The van der Waals surface area contributed by atoms with E-state index in [4.69, 9.17) is 9.47 Å². The molecule has 0 saturated carbocycles. The minimum atomic E-state index is -2.11. The van der Waals surface area contributed by atoms with E-state index in [1.165, 1.54) is 13.1 Å². The topological polar surface area (TPSA) is 73.6 Å². The second kappa shape index (κ2) is 5.82. The van der Waals surface area contributed by atoms with Gasteiger partial charge in [-0.15, -0.1) is 0 Å². The van der Waals surface area contributed by atoms with E-state index in [9.17, 15) is 14.3 Å². The first kappa shape index (κ1) is 16.1. The summed E-state index contributed by atoms with van der Waals surface area (Å²) in [6, 6.07) is 1.59. The van der Waals surface area contributed by atoms with Crippen LogP contribution < -0.4 is 5.69 Å². The summed E-state index contributed by atoms with van der Waals surface area (Å²) in [7, 11) is 0. The van der Waals surface area contributed by atoms with Crippen LogP contribution in [-0.2, 0) is 9.47 Å². The molecule has 1 fully saturated rings. The average Bonchev–Trinajstić information content (AvgIpc) is 2.60. The van der Waals surface area contributed by atoms with Crippen molar-refractivity contribution in [3.05, 3.63) is 28.4 Å². The van der Waals surface area contributed by atoms with E-state index >= 15 is 0 Å². The zero-order valence-electron chi connectivity index (χ0n) is 12.6. The maximum absolute atomic E-state index is 14.8. The molecule has 0 aliphatic carbocycles. The minimum Gasteiger partial charge on any atom is -0.387 e. The molecule has 1 N–H and O–H groups in total. The zero-order valence-corrected chi connectivity index (χ0v) is 12.6. The van der Waals surface area contributed by atoms with Gasteiger partial charge in [0.1, 0.15) is 12.2 Å². The molecule has 1 aliphatic rings. The molecular weight excluding hydrogens is 279 g/mol. The molecule has 7 heteroatoms. The van der Waals surface area contributed by atoms with Crippen molar-refractivity contribution in [1.29, 1.82) is 0 Å². The van der Waals surface area contributed by atoms with Gasteiger partial charge in [-0.25, -0.2) is 9.18 Å². The molecule has 0 spiro atoms. The molecule has 118 valence electrons. The summed E-state index contributed by atoms with van der Waals surface area (Å²) in [6.07, 6.45) is -2.08. The second-order valence-corrected chi connectivity index (χ2v) is 5.76. The van der Waals surface area contributed by atoms with Gasteiger partial charge < -0.3 is 14.6 Å². The van der Waals surface area contributed by atoms with E-state index in [0.29, 0.717) is 5.69 Å². The molecular formula is C14H21FN2O4. The van der Waals surface area contributed by atoms with Crippen molar-refractivity contribution in [3.8, 4) is 0 Å². The van der Waals surface area contributed by atoms with Crippen LogP contribution in [0.2, 0.25) is 0 Å². The monoisotopic (exact) mass is 300 g/mol. The largest absolute Gasteiger partial charge is 0.387 e. The first-order valence-electron chi connectivity index (χ1n) is 6.93. The van der Waals surface area contributed by atoms with Crippen LogP contribution in [0.5, 0.6) is 0 Å². The Balaban J connectivity index is 2.25. The predicted octanol–water partition coefficient (Wildman–Crippen LogP) is 0.963. The fraction of sp³-hybridized carbons (Fsp3) is 0.714. The highest BCUT2D eigenvalue weighted by molar-refractivity contribution is 5.03. The average molecular weight is 300 g/mol. The van der Waals surface area contributed by atoms with Crippen molar-refractivity contribution in [2.45, 2.75) is 57.9 Å². The van der Waals surface area contributed by atoms with Gasteiger partial charge in [0.05, 0.1) is 12.7 Å². The maximum Gasteiger partial charge on any atom is 0.349 e. The Kier molecular flexibility index (Phi) is 4.46. The van der Waals surface area contributed by atoms with Crippen molar-refractivity contribution in [1.82, 2.24) is 9.55 Å². The fourth-order valence-corrected chi connectivity index (χ4v) is 2.31. The summed E-state index contributed by atoms with van der Waals surface area (Å²) in [5.41, 5.74) is -2.18. The molecule has 0 unspecified atom stereocenters. The summed E-state index contributed by atoms with van der Waals surface area (Å²) in [5.74, 6) is 0. The van der Waals surface area contributed by atoms with E-state index in [-0.39, 0.29) is 12.7 Å². The van der Waals surface area contributed by atoms with Crippen LogP contribution >= 0.6 is 0 Å². The summed E-state index contributed by atoms with van der Waals surface area (Å²) >= 11 is 0. The van der Waals surface area contributed by atoms with Crippen LogP contribution in [0.3, 0.4) is 0 Å². The van der Waals surface area contributed by atoms with E-state index in [2.05, 4.69) is 4.98 Å². The third-order valence-electron chi connectivity index (χ3n) is 3.53. The molecule has 1 aromatic rings. The van der Waals surface area contributed by atoms with Crippen LogP contribution in [0.25, 0.3) is 0 Å². The highest BCUT2D eigenvalue weighted by Crippen LogP contribution is 2.40. The summed E-state index contributed by atoms with van der Waals surface area (Å²) < 4.78 is 26.7. The molecule has 2 rings (SSSR count). The van der Waals surface area contributed by atoms with E-state index in [1.54, 1.807) is 13.0 Å². The van der Waals surface area contributed by atoms with Gasteiger partial charge in [0.2, 0.25) is 0 Å². The summed E-state index contributed by atoms with van der Waals surface area (Å²) in [5, 5.41) is 10.1. The van der Waals surface area contributed by atoms with Crippen LogP contribution in [0, 0.1) is 6.92 Å². The van der Waals surface area contributed by atoms with Gasteiger partial charge in [0.25, 0.3) is 0 Å². The molecule has 1 saturated heterocycles. The number of hydrogen-bond donors (Lipinski definition) is 1. The van der Waals surface area contributed by atoms with Gasteiger partial charge in [-0.05, 0) is 33.8 Å². The molecule has 0 aromatic carbocycles. The highest BCUT2D eigenvalue weighted by Gasteiger charge is 2.55. The third kappa shape index (κ3) is 3.14. The number of halogens is 1. The molecule has 4 atom stereocenters. The van der Waals surface area contributed by atoms with Crippen LogP contribution in [0.1, 0.15) is 32.7 Å². The zero-order chi connectivity index (χ0) is 15.8. The Hall–Kier alpha value is -1.31. The van der Waals surface area contributed by atoms with Crippen molar-refractivity contribution < 1.29 is 19.0 Å². The summed E-state index contributed by atoms with van der Waals surface area (Å²) in [6.45, 7) is 6.61. The van der Waals surface area contributed by atoms with Crippen LogP contribution in [-0.4, -0.2) is 45.2 Å². The Morgan fingerprint density at radius 2 is 2.29 bits per heavy atom.